The molecule has 0 spiro atoms. The Balaban J connectivity index is 2.32. The second-order valence-electron chi connectivity index (χ2n) is 6.95. The van der Waals surface area contributed by atoms with E-state index < -0.39 is 22.0 Å². The lowest BCUT2D eigenvalue weighted by Crippen LogP contribution is -2.48. The van der Waals surface area contributed by atoms with Crippen LogP contribution in [-0.4, -0.2) is 26.6 Å². The second kappa shape index (κ2) is 8.72. The van der Waals surface area contributed by atoms with Gasteiger partial charge in [0.05, 0.1) is 18.0 Å². The van der Waals surface area contributed by atoms with Gasteiger partial charge in [0.25, 0.3) is 0 Å². The van der Waals surface area contributed by atoms with Crippen LogP contribution < -0.4 is 9.62 Å². The van der Waals surface area contributed by atoms with Crippen LogP contribution in [0.15, 0.2) is 36.4 Å². The molecule has 1 amide bonds. The Kier molecular flexibility index (Phi) is 7.02. The molecular weight excluding hydrogens is 419 g/mol. The highest BCUT2D eigenvalue weighted by Crippen LogP contribution is 2.29. The Morgan fingerprint density at radius 2 is 1.61 bits per heavy atom. The molecule has 1 N–H and O–H groups in total. The van der Waals surface area contributed by atoms with Crippen LogP contribution in [0.1, 0.15) is 36.6 Å². The highest BCUT2D eigenvalue weighted by atomic mass is 35.5. The van der Waals surface area contributed by atoms with Crippen molar-refractivity contribution in [2.24, 2.45) is 0 Å². The molecule has 0 aliphatic carbocycles. The molecule has 8 heteroatoms. The maximum Gasteiger partial charge on any atom is 0.244 e. The Hall–Kier alpha value is -1.76. The zero-order chi connectivity index (χ0) is 21.2. The van der Waals surface area contributed by atoms with Crippen molar-refractivity contribution in [2.45, 2.75) is 39.8 Å². The number of benzene rings is 2. The van der Waals surface area contributed by atoms with Crippen LogP contribution in [0, 0.1) is 13.8 Å². The predicted molar refractivity (Wildman–Crippen MR) is 116 cm³/mol. The largest absolute Gasteiger partial charge is 0.348 e. The SMILES string of the molecule is Cc1ccc(C)c([C@H](C)NC(=O)[C@H](C)N(c2cc(Cl)cc(Cl)c2)S(C)(=O)=O)c1. The minimum Gasteiger partial charge on any atom is -0.348 e. The summed E-state index contributed by atoms with van der Waals surface area (Å²) < 4.78 is 25.9. The maximum atomic E-state index is 12.9. The molecule has 152 valence electrons. The molecule has 2 aromatic rings. The van der Waals surface area contributed by atoms with Crippen molar-refractivity contribution in [1.29, 1.82) is 0 Å². The van der Waals surface area contributed by atoms with Gasteiger partial charge in [-0.2, -0.15) is 0 Å². The Morgan fingerprint density at radius 1 is 1.04 bits per heavy atom. The average Bonchev–Trinajstić information content (AvgIpc) is 2.54. The topological polar surface area (TPSA) is 66.5 Å². The fourth-order valence-corrected chi connectivity index (χ4v) is 4.79. The van der Waals surface area contributed by atoms with Crippen molar-refractivity contribution in [3.05, 3.63) is 63.1 Å². The van der Waals surface area contributed by atoms with Crippen LogP contribution in [0.5, 0.6) is 0 Å². The summed E-state index contributed by atoms with van der Waals surface area (Å²) in [6.07, 6.45) is 1.04. The first-order chi connectivity index (χ1) is 12.9. The van der Waals surface area contributed by atoms with Crippen LogP contribution in [0.2, 0.25) is 10.0 Å². The summed E-state index contributed by atoms with van der Waals surface area (Å²) in [7, 11) is -3.76. The molecule has 5 nitrogen and oxygen atoms in total. The van der Waals surface area contributed by atoms with Gasteiger partial charge in [-0.05, 0) is 57.0 Å². The molecule has 2 rings (SSSR count). The van der Waals surface area contributed by atoms with Crippen molar-refractivity contribution < 1.29 is 13.2 Å². The highest BCUT2D eigenvalue weighted by Gasteiger charge is 2.30. The number of carbonyl (C=O) groups excluding carboxylic acids is 1. The molecule has 0 aromatic heterocycles. The van der Waals surface area contributed by atoms with Gasteiger partial charge in [0.1, 0.15) is 6.04 Å². The fourth-order valence-electron chi connectivity index (χ4n) is 3.11. The molecular formula is C20H24Cl2N2O3S. The number of halogens is 2. The Morgan fingerprint density at radius 3 is 2.14 bits per heavy atom. The second-order valence-corrected chi connectivity index (χ2v) is 9.69. The quantitative estimate of drug-likeness (QED) is 0.707. The smallest absolute Gasteiger partial charge is 0.244 e. The van der Waals surface area contributed by atoms with Crippen LogP contribution in [0.25, 0.3) is 0 Å². The number of amides is 1. The third-order valence-electron chi connectivity index (χ3n) is 4.45. The van der Waals surface area contributed by atoms with Crippen LogP contribution in [-0.2, 0) is 14.8 Å². The molecule has 0 unspecified atom stereocenters. The van der Waals surface area contributed by atoms with Crippen LogP contribution >= 0.6 is 23.2 Å². The summed E-state index contributed by atoms with van der Waals surface area (Å²) in [6, 6.07) is 9.17. The fraction of sp³-hybridized carbons (Fsp3) is 0.350. The molecule has 28 heavy (non-hydrogen) atoms. The number of hydrogen-bond donors (Lipinski definition) is 1. The van der Waals surface area contributed by atoms with E-state index in [1.807, 2.05) is 39.0 Å². The molecule has 0 heterocycles. The van der Waals surface area contributed by atoms with E-state index in [1.165, 1.54) is 25.1 Å². The summed E-state index contributed by atoms with van der Waals surface area (Å²) in [5, 5.41) is 3.47. The third kappa shape index (κ3) is 5.40. The summed E-state index contributed by atoms with van der Waals surface area (Å²) in [5.41, 5.74) is 3.35. The van der Waals surface area contributed by atoms with E-state index in [4.69, 9.17) is 23.2 Å². The number of sulfonamides is 1. The summed E-state index contributed by atoms with van der Waals surface area (Å²) >= 11 is 12.0. The van der Waals surface area contributed by atoms with Gasteiger partial charge in [0, 0.05) is 10.0 Å². The minimum atomic E-state index is -3.76. The van der Waals surface area contributed by atoms with E-state index in [0.29, 0.717) is 0 Å². The normalized spacial score (nSPS) is 13.7. The first-order valence-electron chi connectivity index (χ1n) is 8.73. The zero-order valence-electron chi connectivity index (χ0n) is 16.5. The standard InChI is InChI=1S/C20H24Cl2N2O3S/c1-12-6-7-13(2)19(8-12)14(3)23-20(25)15(4)24(28(5,26)27)18-10-16(21)9-17(22)11-18/h6-11,14-15H,1-5H3,(H,23,25)/t14-,15-/m0/s1. The maximum absolute atomic E-state index is 12.9. The van der Waals surface area contributed by atoms with Crippen molar-refractivity contribution in [2.75, 3.05) is 10.6 Å². The molecule has 0 aliphatic rings. The summed E-state index contributed by atoms with van der Waals surface area (Å²) in [6.45, 7) is 7.35. The number of nitrogens with one attached hydrogen (secondary N) is 1. The van der Waals surface area contributed by atoms with Crippen molar-refractivity contribution in [3.63, 3.8) is 0 Å². The number of hydrogen-bond acceptors (Lipinski definition) is 3. The van der Waals surface area contributed by atoms with Gasteiger partial charge in [-0.15, -0.1) is 0 Å². The Labute approximate surface area is 176 Å². The first-order valence-corrected chi connectivity index (χ1v) is 11.3. The number of rotatable bonds is 6. The van der Waals surface area contributed by atoms with Crippen molar-refractivity contribution in [1.82, 2.24) is 5.32 Å². The van der Waals surface area contributed by atoms with Crippen molar-refractivity contribution >= 4 is 44.8 Å². The monoisotopic (exact) mass is 442 g/mol. The van der Waals surface area contributed by atoms with Gasteiger partial charge < -0.3 is 5.32 Å². The van der Waals surface area contributed by atoms with Gasteiger partial charge >= 0.3 is 0 Å². The lowest BCUT2D eigenvalue weighted by Gasteiger charge is -2.29. The molecule has 0 fully saturated rings. The summed E-state index contributed by atoms with van der Waals surface area (Å²) in [5.74, 6) is -0.421. The van der Waals surface area contributed by atoms with Gasteiger partial charge in [-0.25, -0.2) is 8.42 Å². The van der Waals surface area contributed by atoms with Gasteiger partial charge in [0.2, 0.25) is 15.9 Å². The first kappa shape index (κ1) is 22.5. The van der Waals surface area contributed by atoms with Gasteiger partial charge in [-0.1, -0.05) is 47.0 Å². The molecule has 0 bridgehead atoms. The van der Waals surface area contributed by atoms with Crippen LogP contribution in [0.3, 0.4) is 0 Å². The molecule has 2 atom stereocenters. The average molecular weight is 443 g/mol. The number of aryl methyl sites for hydroxylation is 2. The van der Waals surface area contributed by atoms with E-state index in [0.717, 1.165) is 27.3 Å². The zero-order valence-corrected chi connectivity index (χ0v) is 18.8. The number of carbonyl (C=O) groups is 1. The number of anilines is 1. The Bertz CT molecular complexity index is 973. The lowest BCUT2D eigenvalue weighted by atomic mass is 10.00. The molecule has 0 saturated heterocycles. The van der Waals surface area contributed by atoms with Crippen molar-refractivity contribution in [3.8, 4) is 0 Å². The van der Waals surface area contributed by atoms with E-state index in [9.17, 15) is 13.2 Å². The third-order valence-corrected chi connectivity index (χ3v) is 6.13. The van der Waals surface area contributed by atoms with Gasteiger partial charge in [-0.3, -0.25) is 9.10 Å². The van der Waals surface area contributed by atoms with E-state index >= 15 is 0 Å². The predicted octanol–water partition coefficient (Wildman–Crippen LogP) is 4.64. The number of nitrogens with zero attached hydrogens (tertiary/aromatic N) is 1. The summed E-state index contributed by atoms with van der Waals surface area (Å²) in [4.78, 5) is 12.9. The van der Waals surface area contributed by atoms with Crippen LogP contribution in [0.4, 0.5) is 5.69 Å². The molecule has 0 saturated carbocycles. The van der Waals surface area contributed by atoms with E-state index in [-0.39, 0.29) is 21.8 Å². The van der Waals surface area contributed by atoms with E-state index in [2.05, 4.69) is 5.32 Å². The minimum absolute atomic E-state index is 0.238. The molecule has 0 radical (unpaired) electrons. The lowest BCUT2D eigenvalue weighted by molar-refractivity contribution is -0.122. The van der Waals surface area contributed by atoms with Gasteiger partial charge in [0.15, 0.2) is 0 Å². The molecule has 2 aromatic carbocycles. The highest BCUT2D eigenvalue weighted by molar-refractivity contribution is 7.92. The van der Waals surface area contributed by atoms with E-state index in [1.54, 1.807) is 0 Å². The molecule has 0 aliphatic heterocycles.